The fourth-order valence-corrected chi connectivity index (χ4v) is 1.42. The second-order valence-electron chi connectivity index (χ2n) is 4.01. The summed E-state index contributed by atoms with van der Waals surface area (Å²) in [5.41, 5.74) is 14.6. The van der Waals surface area contributed by atoms with Crippen molar-refractivity contribution in [2.24, 2.45) is 11.5 Å². The number of aryl methyl sites for hydroxylation is 2. The van der Waals surface area contributed by atoms with Crippen LogP contribution in [0.1, 0.15) is 11.1 Å². The molecule has 4 nitrogen and oxygen atoms in total. The van der Waals surface area contributed by atoms with Gasteiger partial charge in [-0.15, -0.1) is 0 Å². The summed E-state index contributed by atoms with van der Waals surface area (Å²) in [7, 11) is 1.66. The maximum Gasteiger partial charge on any atom is 0.142 e. The second kappa shape index (κ2) is 5.72. The average Bonchev–Trinajstić information content (AvgIpc) is 2.29. The van der Waals surface area contributed by atoms with Crippen molar-refractivity contribution < 1.29 is 4.74 Å². The number of anilines is 1. The molecule has 0 radical (unpaired) electrons. The number of nitrogens with two attached hydrogens (primary N) is 2. The molecule has 0 spiro atoms. The Kier molecular flexibility index (Phi) is 4.58. The molecule has 0 aliphatic heterocycles. The minimum absolute atomic E-state index is 0.0358. The molecule has 0 saturated carbocycles. The Balaban J connectivity index is 2.81. The van der Waals surface area contributed by atoms with Gasteiger partial charge in [0.25, 0.3) is 0 Å². The highest BCUT2D eigenvalue weighted by Gasteiger charge is 2.06. The molecule has 0 aromatic heterocycles. The van der Waals surface area contributed by atoms with Crippen LogP contribution in [0.3, 0.4) is 0 Å². The van der Waals surface area contributed by atoms with Crippen LogP contribution in [0.15, 0.2) is 12.1 Å². The summed E-state index contributed by atoms with van der Waals surface area (Å²) in [6.07, 6.45) is 0. The van der Waals surface area contributed by atoms with Crippen LogP contribution in [0.25, 0.3) is 0 Å². The number of nitrogens with one attached hydrogen (secondary N) is 1. The average molecular weight is 223 g/mol. The zero-order chi connectivity index (χ0) is 12.1. The van der Waals surface area contributed by atoms with Gasteiger partial charge in [-0.1, -0.05) is 0 Å². The Morgan fingerprint density at radius 1 is 1.31 bits per heavy atom. The zero-order valence-corrected chi connectivity index (χ0v) is 10.2. The molecule has 1 rings (SSSR count). The van der Waals surface area contributed by atoms with Gasteiger partial charge < -0.3 is 21.5 Å². The smallest absolute Gasteiger partial charge is 0.142 e. The summed E-state index contributed by atoms with van der Waals surface area (Å²) in [6, 6.07) is 4.05. The molecular weight excluding hydrogens is 202 g/mol. The van der Waals surface area contributed by atoms with E-state index in [0.717, 1.165) is 11.4 Å². The molecule has 90 valence electrons. The van der Waals surface area contributed by atoms with Crippen LogP contribution in [0.4, 0.5) is 5.69 Å². The Morgan fingerprint density at radius 2 is 1.94 bits per heavy atom. The van der Waals surface area contributed by atoms with E-state index in [0.29, 0.717) is 13.1 Å². The van der Waals surface area contributed by atoms with E-state index in [4.69, 9.17) is 16.2 Å². The van der Waals surface area contributed by atoms with Crippen LogP contribution < -0.4 is 21.5 Å². The highest BCUT2D eigenvalue weighted by atomic mass is 16.5. The summed E-state index contributed by atoms with van der Waals surface area (Å²) >= 11 is 0. The van der Waals surface area contributed by atoms with Gasteiger partial charge in [0, 0.05) is 19.1 Å². The first-order chi connectivity index (χ1) is 7.58. The lowest BCUT2D eigenvalue weighted by Crippen LogP contribution is -2.36. The maximum atomic E-state index is 5.75. The molecule has 1 atom stereocenters. The lowest BCUT2D eigenvalue weighted by molar-refractivity contribution is 0.416. The van der Waals surface area contributed by atoms with E-state index >= 15 is 0 Å². The SMILES string of the molecule is COc1cc(C)c(C)cc1NCC(N)CN. The number of rotatable bonds is 5. The van der Waals surface area contributed by atoms with Crippen molar-refractivity contribution >= 4 is 5.69 Å². The number of benzene rings is 1. The molecular formula is C12H21N3O. The van der Waals surface area contributed by atoms with Gasteiger partial charge >= 0.3 is 0 Å². The standard InChI is InChI=1S/C12H21N3O/c1-8-4-11(15-7-10(14)6-13)12(16-3)5-9(8)2/h4-5,10,15H,6-7,13-14H2,1-3H3. The van der Waals surface area contributed by atoms with Gasteiger partial charge in [0.1, 0.15) is 5.75 Å². The summed E-state index contributed by atoms with van der Waals surface area (Å²) in [4.78, 5) is 0. The number of hydrogen-bond acceptors (Lipinski definition) is 4. The largest absolute Gasteiger partial charge is 0.495 e. The first kappa shape index (κ1) is 12.8. The first-order valence-electron chi connectivity index (χ1n) is 5.43. The second-order valence-corrected chi connectivity index (χ2v) is 4.01. The molecule has 0 bridgehead atoms. The molecule has 0 aliphatic carbocycles. The molecule has 0 amide bonds. The molecule has 1 unspecified atom stereocenters. The third-order valence-electron chi connectivity index (χ3n) is 2.67. The molecule has 0 saturated heterocycles. The molecule has 1 aromatic rings. The molecule has 0 heterocycles. The third kappa shape index (κ3) is 3.12. The highest BCUT2D eigenvalue weighted by Crippen LogP contribution is 2.27. The van der Waals surface area contributed by atoms with Crippen molar-refractivity contribution in [2.75, 3.05) is 25.5 Å². The lowest BCUT2D eigenvalue weighted by Gasteiger charge is -2.16. The van der Waals surface area contributed by atoms with E-state index in [1.54, 1.807) is 7.11 Å². The monoisotopic (exact) mass is 223 g/mol. The number of methoxy groups -OCH3 is 1. The highest BCUT2D eigenvalue weighted by molar-refractivity contribution is 5.60. The fraction of sp³-hybridized carbons (Fsp3) is 0.500. The van der Waals surface area contributed by atoms with Crippen molar-refractivity contribution in [2.45, 2.75) is 19.9 Å². The topological polar surface area (TPSA) is 73.3 Å². The normalized spacial score (nSPS) is 12.3. The Labute approximate surface area is 97.0 Å². The lowest BCUT2D eigenvalue weighted by atomic mass is 10.1. The van der Waals surface area contributed by atoms with Crippen molar-refractivity contribution in [3.05, 3.63) is 23.3 Å². The van der Waals surface area contributed by atoms with Crippen molar-refractivity contribution in [3.63, 3.8) is 0 Å². The van der Waals surface area contributed by atoms with Gasteiger partial charge in [-0.05, 0) is 37.1 Å². The molecule has 1 aromatic carbocycles. The minimum atomic E-state index is -0.0358. The number of hydrogen-bond donors (Lipinski definition) is 3. The summed E-state index contributed by atoms with van der Waals surface area (Å²) in [6.45, 7) is 5.26. The number of ether oxygens (including phenoxy) is 1. The minimum Gasteiger partial charge on any atom is -0.495 e. The Morgan fingerprint density at radius 3 is 2.50 bits per heavy atom. The molecule has 0 aliphatic rings. The molecule has 16 heavy (non-hydrogen) atoms. The van der Waals surface area contributed by atoms with Crippen LogP contribution in [0, 0.1) is 13.8 Å². The summed E-state index contributed by atoms with van der Waals surface area (Å²) in [5.74, 6) is 0.840. The van der Waals surface area contributed by atoms with E-state index < -0.39 is 0 Å². The van der Waals surface area contributed by atoms with Gasteiger partial charge in [-0.25, -0.2) is 0 Å². The Hall–Kier alpha value is -1.26. The van der Waals surface area contributed by atoms with Gasteiger partial charge in [-0.3, -0.25) is 0 Å². The quantitative estimate of drug-likeness (QED) is 0.696. The predicted octanol–water partition coefficient (Wildman–Crippen LogP) is 1.01. The van der Waals surface area contributed by atoms with Gasteiger partial charge in [0.05, 0.1) is 12.8 Å². The molecule has 4 heteroatoms. The van der Waals surface area contributed by atoms with Crippen LogP contribution in [-0.2, 0) is 0 Å². The van der Waals surface area contributed by atoms with E-state index in [1.165, 1.54) is 11.1 Å². The van der Waals surface area contributed by atoms with Crippen molar-refractivity contribution in [1.82, 2.24) is 0 Å². The van der Waals surface area contributed by atoms with Gasteiger partial charge in [0.2, 0.25) is 0 Å². The first-order valence-corrected chi connectivity index (χ1v) is 5.43. The van der Waals surface area contributed by atoms with Gasteiger partial charge in [-0.2, -0.15) is 0 Å². The van der Waals surface area contributed by atoms with E-state index in [1.807, 2.05) is 6.07 Å². The van der Waals surface area contributed by atoms with Crippen molar-refractivity contribution in [1.29, 1.82) is 0 Å². The summed E-state index contributed by atoms with van der Waals surface area (Å²) in [5, 5.41) is 3.25. The van der Waals surface area contributed by atoms with Crippen LogP contribution in [0.5, 0.6) is 5.75 Å². The van der Waals surface area contributed by atoms with E-state index in [2.05, 4.69) is 25.2 Å². The van der Waals surface area contributed by atoms with Gasteiger partial charge in [0.15, 0.2) is 0 Å². The zero-order valence-electron chi connectivity index (χ0n) is 10.2. The van der Waals surface area contributed by atoms with E-state index in [-0.39, 0.29) is 6.04 Å². The summed E-state index contributed by atoms with van der Waals surface area (Å²) < 4.78 is 5.31. The van der Waals surface area contributed by atoms with Crippen LogP contribution >= 0.6 is 0 Å². The Bertz CT molecular complexity index is 352. The maximum absolute atomic E-state index is 5.75. The predicted molar refractivity (Wildman–Crippen MR) is 68.0 cm³/mol. The fourth-order valence-electron chi connectivity index (χ4n) is 1.42. The molecule has 5 N–H and O–H groups in total. The third-order valence-corrected chi connectivity index (χ3v) is 2.67. The van der Waals surface area contributed by atoms with Crippen molar-refractivity contribution in [3.8, 4) is 5.75 Å². The van der Waals surface area contributed by atoms with E-state index in [9.17, 15) is 0 Å². The molecule has 0 fully saturated rings. The van der Waals surface area contributed by atoms with Crippen LogP contribution in [0.2, 0.25) is 0 Å². The van der Waals surface area contributed by atoms with Crippen LogP contribution in [-0.4, -0.2) is 26.2 Å².